The highest BCUT2D eigenvalue weighted by molar-refractivity contribution is 7.92. The number of nitrogens with one attached hydrogen (secondary N) is 1. The fourth-order valence-corrected chi connectivity index (χ4v) is 5.00. The van der Waals surface area contributed by atoms with Crippen molar-refractivity contribution in [3.8, 4) is 0 Å². The maximum Gasteiger partial charge on any atom is 0.417 e. The Morgan fingerprint density at radius 1 is 1.11 bits per heavy atom. The minimum Gasteiger partial charge on any atom is -0.354 e. The molecule has 1 atom stereocenters. The van der Waals surface area contributed by atoms with Gasteiger partial charge in [-0.15, -0.1) is 0 Å². The predicted octanol–water partition coefficient (Wildman–Crippen LogP) is 5.16. The summed E-state index contributed by atoms with van der Waals surface area (Å²) < 4.78 is 66.2. The first-order valence-corrected chi connectivity index (χ1v) is 14.4. The number of anilines is 1. The van der Waals surface area contributed by atoms with Crippen LogP contribution in [0.25, 0.3) is 0 Å². The number of carbonyl (C=O) groups is 2. The van der Waals surface area contributed by atoms with Crippen LogP contribution >= 0.6 is 11.6 Å². The zero-order chi connectivity index (χ0) is 28.7. The van der Waals surface area contributed by atoms with Gasteiger partial charge in [-0.05, 0) is 43.5 Å². The normalized spacial score (nSPS) is 12.6. The number of sulfonamides is 1. The van der Waals surface area contributed by atoms with E-state index in [1.165, 1.54) is 4.90 Å². The number of unbranched alkanes of at least 4 members (excludes halogenated alkanes) is 1. The van der Waals surface area contributed by atoms with E-state index in [1.807, 2.05) is 26.0 Å². The Hall–Kier alpha value is -2.79. The molecule has 7 nitrogen and oxygen atoms in total. The third-order valence-corrected chi connectivity index (χ3v) is 7.34. The molecule has 12 heteroatoms. The number of aryl methyl sites for hydroxylation is 1. The molecule has 0 spiro atoms. The van der Waals surface area contributed by atoms with Crippen LogP contribution in [0.3, 0.4) is 0 Å². The number of hydrogen-bond donors (Lipinski definition) is 1. The first kappa shape index (κ1) is 31.4. The summed E-state index contributed by atoms with van der Waals surface area (Å²) in [5.41, 5.74) is 0.0495. The zero-order valence-electron chi connectivity index (χ0n) is 21.8. The van der Waals surface area contributed by atoms with Crippen LogP contribution in [-0.2, 0) is 32.3 Å². The number of alkyl halides is 3. The van der Waals surface area contributed by atoms with Crippen molar-refractivity contribution >= 4 is 39.1 Å². The van der Waals surface area contributed by atoms with Gasteiger partial charge in [-0.3, -0.25) is 13.9 Å². The molecule has 2 amide bonds. The number of benzene rings is 2. The Kier molecular flexibility index (Phi) is 11.0. The van der Waals surface area contributed by atoms with E-state index in [1.54, 1.807) is 19.1 Å². The molecule has 0 aliphatic rings. The van der Waals surface area contributed by atoms with Crippen LogP contribution in [0.1, 0.15) is 49.8 Å². The summed E-state index contributed by atoms with van der Waals surface area (Å²) in [5.74, 6) is -1.13. The second kappa shape index (κ2) is 13.3. The van der Waals surface area contributed by atoms with E-state index < -0.39 is 51.2 Å². The first-order chi connectivity index (χ1) is 17.7. The van der Waals surface area contributed by atoms with Crippen LogP contribution in [0.5, 0.6) is 0 Å². The van der Waals surface area contributed by atoms with Gasteiger partial charge in [0.05, 0.1) is 22.5 Å². The minimum atomic E-state index is -4.83. The van der Waals surface area contributed by atoms with Crippen molar-refractivity contribution in [2.24, 2.45) is 0 Å². The Balaban J connectivity index is 2.49. The van der Waals surface area contributed by atoms with Gasteiger partial charge in [-0.1, -0.05) is 61.7 Å². The third-order valence-electron chi connectivity index (χ3n) is 5.87. The average molecular weight is 576 g/mol. The van der Waals surface area contributed by atoms with Gasteiger partial charge < -0.3 is 10.2 Å². The average Bonchev–Trinajstić information content (AvgIpc) is 2.81. The van der Waals surface area contributed by atoms with Crippen molar-refractivity contribution in [3.63, 3.8) is 0 Å². The van der Waals surface area contributed by atoms with E-state index in [0.29, 0.717) is 16.9 Å². The molecular formula is C26H33ClF3N3O4S. The lowest BCUT2D eigenvalue weighted by Gasteiger charge is -2.33. The van der Waals surface area contributed by atoms with Gasteiger partial charge in [0.2, 0.25) is 21.8 Å². The van der Waals surface area contributed by atoms with Crippen LogP contribution in [0.4, 0.5) is 18.9 Å². The minimum absolute atomic E-state index is 0.00619. The monoisotopic (exact) mass is 575 g/mol. The molecule has 2 aromatic rings. The summed E-state index contributed by atoms with van der Waals surface area (Å²) in [6, 6.07) is 8.99. The smallest absolute Gasteiger partial charge is 0.354 e. The maximum absolute atomic E-state index is 13.6. The molecule has 0 saturated heterocycles. The lowest BCUT2D eigenvalue weighted by Crippen LogP contribution is -2.52. The van der Waals surface area contributed by atoms with E-state index in [9.17, 15) is 31.2 Å². The van der Waals surface area contributed by atoms with Gasteiger partial charge in [0.1, 0.15) is 12.6 Å². The van der Waals surface area contributed by atoms with Crippen molar-refractivity contribution in [2.45, 2.75) is 58.8 Å². The third kappa shape index (κ3) is 8.62. The molecule has 0 unspecified atom stereocenters. The number of rotatable bonds is 12. The van der Waals surface area contributed by atoms with E-state index in [2.05, 4.69) is 5.32 Å². The van der Waals surface area contributed by atoms with Crippen molar-refractivity contribution in [1.29, 1.82) is 0 Å². The van der Waals surface area contributed by atoms with Gasteiger partial charge in [-0.25, -0.2) is 8.42 Å². The van der Waals surface area contributed by atoms with Crippen LogP contribution < -0.4 is 9.62 Å². The lowest BCUT2D eigenvalue weighted by atomic mass is 10.1. The Morgan fingerprint density at radius 2 is 1.79 bits per heavy atom. The van der Waals surface area contributed by atoms with Gasteiger partial charge >= 0.3 is 6.18 Å². The lowest BCUT2D eigenvalue weighted by molar-refractivity contribution is -0.140. The zero-order valence-corrected chi connectivity index (χ0v) is 23.4. The molecule has 0 fully saturated rings. The fraction of sp³-hybridized carbons (Fsp3) is 0.462. The molecule has 0 aromatic heterocycles. The molecule has 0 bridgehead atoms. The highest BCUT2D eigenvalue weighted by Gasteiger charge is 2.36. The maximum atomic E-state index is 13.6. The molecule has 0 aliphatic heterocycles. The molecule has 2 rings (SSSR count). The van der Waals surface area contributed by atoms with E-state index in [-0.39, 0.29) is 18.7 Å². The SMILES string of the molecule is CCCCNC(=O)[C@@H](CC)N(Cc1cccc(C)c1)C(=O)CN(c1ccc(Cl)c(C(F)(F)F)c1)S(C)(=O)=O. The summed E-state index contributed by atoms with van der Waals surface area (Å²) in [6.45, 7) is 5.18. The molecule has 0 saturated carbocycles. The number of amides is 2. The first-order valence-electron chi connectivity index (χ1n) is 12.2. The quantitative estimate of drug-likeness (QED) is 0.354. The Morgan fingerprint density at radius 3 is 2.34 bits per heavy atom. The van der Waals surface area contributed by atoms with Gasteiger partial charge in [-0.2, -0.15) is 13.2 Å². The molecule has 38 heavy (non-hydrogen) atoms. The number of nitrogens with zero attached hydrogens (tertiary/aromatic N) is 2. The van der Waals surface area contributed by atoms with Crippen molar-refractivity contribution in [3.05, 3.63) is 64.2 Å². The highest BCUT2D eigenvalue weighted by Crippen LogP contribution is 2.37. The highest BCUT2D eigenvalue weighted by atomic mass is 35.5. The summed E-state index contributed by atoms with van der Waals surface area (Å²) >= 11 is 5.70. The summed E-state index contributed by atoms with van der Waals surface area (Å²) in [6.07, 6.45) is -2.20. The topological polar surface area (TPSA) is 86.8 Å². The number of halogens is 4. The van der Waals surface area contributed by atoms with Crippen molar-refractivity contribution < 1.29 is 31.2 Å². The van der Waals surface area contributed by atoms with Crippen LogP contribution in [0.15, 0.2) is 42.5 Å². The largest absolute Gasteiger partial charge is 0.417 e. The van der Waals surface area contributed by atoms with Crippen molar-refractivity contribution in [2.75, 3.05) is 23.7 Å². The molecule has 0 aliphatic carbocycles. The summed E-state index contributed by atoms with van der Waals surface area (Å²) in [7, 11) is -4.20. The van der Waals surface area contributed by atoms with E-state index in [0.717, 1.165) is 42.4 Å². The Bertz CT molecular complexity index is 1240. The fourth-order valence-electron chi connectivity index (χ4n) is 3.93. The molecule has 210 valence electrons. The van der Waals surface area contributed by atoms with Gasteiger partial charge in [0.15, 0.2) is 0 Å². The second-order valence-corrected chi connectivity index (χ2v) is 11.3. The second-order valence-electron chi connectivity index (χ2n) is 9.01. The van der Waals surface area contributed by atoms with Gasteiger partial charge in [0, 0.05) is 13.1 Å². The van der Waals surface area contributed by atoms with Crippen LogP contribution in [-0.4, -0.2) is 50.5 Å². The van der Waals surface area contributed by atoms with Crippen LogP contribution in [0, 0.1) is 6.92 Å². The molecular weight excluding hydrogens is 543 g/mol. The van der Waals surface area contributed by atoms with E-state index in [4.69, 9.17) is 11.6 Å². The van der Waals surface area contributed by atoms with Crippen LogP contribution in [0.2, 0.25) is 5.02 Å². The molecule has 0 heterocycles. The Labute approximate surface area is 227 Å². The van der Waals surface area contributed by atoms with Gasteiger partial charge in [0.25, 0.3) is 0 Å². The molecule has 1 N–H and O–H groups in total. The summed E-state index contributed by atoms with van der Waals surface area (Å²) in [5, 5.41) is 2.21. The summed E-state index contributed by atoms with van der Waals surface area (Å²) in [4.78, 5) is 27.9. The molecule has 0 radical (unpaired) electrons. The number of carbonyl (C=O) groups excluding carboxylic acids is 2. The predicted molar refractivity (Wildman–Crippen MR) is 142 cm³/mol. The standard InChI is InChI=1S/C26H33ClF3N3O4S/c1-5-7-13-31-25(35)23(6-2)32(16-19-10-8-9-18(3)14-19)24(34)17-33(38(4,36)37)20-11-12-22(27)21(15-20)26(28,29)30/h8-12,14-15,23H,5-7,13,16-17H2,1-4H3,(H,31,35)/t23-/m1/s1. The van der Waals surface area contributed by atoms with E-state index >= 15 is 0 Å². The number of hydrogen-bond acceptors (Lipinski definition) is 4. The van der Waals surface area contributed by atoms with Crippen molar-refractivity contribution in [1.82, 2.24) is 10.2 Å². The molecule has 2 aromatic carbocycles.